The summed E-state index contributed by atoms with van der Waals surface area (Å²) in [6.45, 7) is 7.80. The molecule has 2 amide bonds. The maximum Gasteiger partial charge on any atom is 0.255 e. The van der Waals surface area contributed by atoms with Crippen LogP contribution in [0.5, 0.6) is 0 Å². The zero-order valence-corrected chi connectivity index (χ0v) is 16.0. The zero-order chi connectivity index (χ0) is 19.8. The summed E-state index contributed by atoms with van der Waals surface area (Å²) < 4.78 is 0. The summed E-state index contributed by atoms with van der Waals surface area (Å²) >= 11 is 0. The van der Waals surface area contributed by atoms with Crippen LogP contribution in [0.15, 0.2) is 61.2 Å². The van der Waals surface area contributed by atoms with Crippen molar-refractivity contribution in [2.75, 3.05) is 6.54 Å². The highest BCUT2D eigenvalue weighted by Gasteiger charge is 2.43. The Morgan fingerprint density at radius 2 is 1.96 bits per heavy atom. The lowest BCUT2D eigenvalue weighted by Gasteiger charge is -2.31. The predicted octanol–water partition coefficient (Wildman–Crippen LogP) is 3.71. The monoisotopic (exact) mass is 373 g/mol. The molecule has 28 heavy (non-hydrogen) atoms. The maximum absolute atomic E-state index is 13.3. The number of para-hydroxylation sites is 1. The molecule has 5 heteroatoms. The van der Waals surface area contributed by atoms with Crippen molar-refractivity contribution in [2.45, 2.75) is 25.9 Å². The standard InChI is InChI=1S/C23H23N3O2/c1-4-13-24-22(27)15(3)26-21(16-9-5-6-10-17(16)23(26)28)20-14(2)25-19-12-8-7-11-18(19)20/h4-12,15,21,25H,1,13H2,2-3H3,(H,24,27). The SMILES string of the molecule is C=CCNC(=O)C(C)N1C(=O)c2ccccc2C1c1c(C)[nH]c2ccccc12. The molecule has 0 aliphatic carbocycles. The van der Waals surface area contributed by atoms with Gasteiger partial charge in [0.15, 0.2) is 0 Å². The summed E-state index contributed by atoms with van der Waals surface area (Å²) in [5, 5.41) is 3.88. The van der Waals surface area contributed by atoms with Crippen molar-refractivity contribution < 1.29 is 9.59 Å². The van der Waals surface area contributed by atoms with Crippen LogP contribution in [0.1, 0.15) is 40.1 Å². The third-order valence-electron chi connectivity index (χ3n) is 5.43. The molecule has 0 bridgehead atoms. The van der Waals surface area contributed by atoms with E-state index < -0.39 is 6.04 Å². The lowest BCUT2D eigenvalue weighted by molar-refractivity contribution is -0.125. The summed E-state index contributed by atoms with van der Waals surface area (Å²) in [6.07, 6.45) is 1.63. The molecule has 0 saturated heterocycles. The Balaban J connectivity index is 1.88. The fourth-order valence-corrected chi connectivity index (χ4v) is 4.13. The second-order valence-corrected chi connectivity index (χ2v) is 7.12. The lowest BCUT2D eigenvalue weighted by Crippen LogP contribution is -2.47. The van der Waals surface area contributed by atoms with Crippen LogP contribution in [-0.2, 0) is 4.79 Å². The number of carbonyl (C=O) groups excluding carboxylic acids is 2. The van der Waals surface area contributed by atoms with Gasteiger partial charge in [-0.3, -0.25) is 9.59 Å². The molecule has 1 aliphatic rings. The Hall–Kier alpha value is -3.34. The number of nitrogens with zero attached hydrogens (tertiary/aromatic N) is 1. The van der Waals surface area contributed by atoms with Crippen LogP contribution >= 0.6 is 0 Å². The molecule has 1 aliphatic heterocycles. The number of aromatic amines is 1. The molecule has 0 saturated carbocycles. The summed E-state index contributed by atoms with van der Waals surface area (Å²) in [5.74, 6) is -0.310. The molecule has 0 fully saturated rings. The van der Waals surface area contributed by atoms with E-state index in [2.05, 4.69) is 22.9 Å². The first-order valence-electron chi connectivity index (χ1n) is 9.42. The van der Waals surface area contributed by atoms with Crippen molar-refractivity contribution in [3.63, 3.8) is 0 Å². The van der Waals surface area contributed by atoms with Crippen LogP contribution in [-0.4, -0.2) is 34.3 Å². The van der Waals surface area contributed by atoms with Gasteiger partial charge in [-0.2, -0.15) is 0 Å². The van der Waals surface area contributed by atoms with E-state index in [-0.39, 0.29) is 17.9 Å². The number of hydrogen-bond donors (Lipinski definition) is 2. The molecule has 0 spiro atoms. The number of aryl methyl sites for hydroxylation is 1. The fourth-order valence-electron chi connectivity index (χ4n) is 4.13. The molecule has 2 heterocycles. The van der Waals surface area contributed by atoms with Crippen LogP contribution in [0.3, 0.4) is 0 Å². The second-order valence-electron chi connectivity index (χ2n) is 7.12. The van der Waals surface area contributed by atoms with Crippen molar-refractivity contribution in [1.29, 1.82) is 0 Å². The molecule has 4 rings (SSSR count). The van der Waals surface area contributed by atoms with Gasteiger partial charge in [0, 0.05) is 34.3 Å². The largest absolute Gasteiger partial charge is 0.358 e. The summed E-state index contributed by atoms with van der Waals surface area (Å²) in [6, 6.07) is 14.8. The van der Waals surface area contributed by atoms with Gasteiger partial charge in [0.25, 0.3) is 5.91 Å². The first-order chi connectivity index (χ1) is 13.5. The van der Waals surface area contributed by atoms with Gasteiger partial charge in [-0.1, -0.05) is 42.5 Å². The van der Waals surface area contributed by atoms with Gasteiger partial charge in [-0.15, -0.1) is 6.58 Å². The molecule has 142 valence electrons. The summed E-state index contributed by atoms with van der Waals surface area (Å²) in [4.78, 5) is 31.1. The molecule has 2 N–H and O–H groups in total. The predicted molar refractivity (Wildman–Crippen MR) is 110 cm³/mol. The number of H-pyrrole nitrogens is 1. The van der Waals surface area contributed by atoms with E-state index in [1.165, 1.54) is 0 Å². The van der Waals surface area contributed by atoms with E-state index in [4.69, 9.17) is 0 Å². The van der Waals surface area contributed by atoms with E-state index in [1.54, 1.807) is 17.9 Å². The third-order valence-corrected chi connectivity index (χ3v) is 5.43. The minimum atomic E-state index is -0.613. The number of rotatable bonds is 5. The number of fused-ring (bicyclic) bond motifs is 2. The molecule has 2 atom stereocenters. The molecule has 2 aromatic carbocycles. The smallest absolute Gasteiger partial charge is 0.255 e. The first kappa shape index (κ1) is 18.0. The van der Waals surface area contributed by atoms with Crippen molar-refractivity contribution in [3.05, 3.63) is 83.6 Å². The van der Waals surface area contributed by atoms with Crippen LogP contribution in [0.2, 0.25) is 0 Å². The van der Waals surface area contributed by atoms with Gasteiger partial charge in [-0.25, -0.2) is 0 Å². The van der Waals surface area contributed by atoms with Crippen LogP contribution in [0.25, 0.3) is 10.9 Å². The average molecular weight is 373 g/mol. The van der Waals surface area contributed by atoms with Gasteiger partial charge in [-0.05, 0) is 31.5 Å². The number of amides is 2. The molecule has 5 nitrogen and oxygen atoms in total. The van der Waals surface area contributed by atoms with E-state index in [9.17, 15) is 9.59 Å². The Morgan fingerprint density at radius 3 is 2.75 bits per heavy atom. The van der Waals surface area contributed by atoms with Gasteiger partial charge >= 0.3 is 0 Å². The van der Waals surface area contributed by atoms with E-state index in [0.29, 0.717) is 12.1 Å². The first-order valence-corrected chi connectivity index (χ1v) is 9.42. The number of carbonyl (C=O) groups is 2. The highest BCUT2D eigenvalue weighted by atomic mass is 16.2. The Labute approximate surface area is 164 Å². The van der Waals surface area contributed by atoms with Gasteiger partial charge in [0.2, 0.25) is 5.91 Å². The lowest BCUT2D eigenvalue weighted by atomic mass is 9.95. The number of hydrogen-bond acceptors (Lipinski definition) is 2. The zero-order valence-electron chi connectivity index (χ0n) is 16.0. The summed E-state index contributed by atoms with van der Waals surface area (Å²) in [5.41, 5.74) is 4.65. The van der Waals surface area contributed by atoms with E-state index in [0.717, 1.165) is 27.7 Å². The van der Waals surface area contributed by atoms with Gasteiger partial charge in [0.1, 0.15) is 6.04 Å². The van der Waals surface area contributed by atoms with Crippen molar-refractivity contribution in [3.8, 4) is 0 Å². The minimum absolute atomic E-state index is 0.119. The molecule has 1 aromatic heterocycles. The quantitative estimate of drug-likeness (QED) is 0.670. The molecule has 0 radical (unpaired) electrons. The molecule has 2 unspecified atom stereocenters. The van der Waals surface area contributed by atoms with Crippen molar-refractivity contribution in [1.82, 2.24) is 15.2 Å². The fraction of sp³-hybridized carbons (Fsp3) is 0.217. The van der Waals surface area contributed by atoms with Gasteiger partial charge in [0.05, 0.1) is 6.04 Å². The van der Waals surface area contributed by atoms with Gasteiger partial charge < -0.3 is 15.2 Å². The van der Waals surface area contributed by atoms with Crippen molar-refractivity contribution in [2.24, 2.45) is 0 Å². The second kappa shape index (κ2) is 7.00. The highest BCUT2D eigenvalue weighted by Crippen LogP contribution is 2.43. The number of aromatic nitrogens is 1. The highest BCUT2D eigenvalue weighted by molar-refractivity contribution is 6.03. The van der Waals surface area contributed by atoms with Crippen LogP contribution < -0.4 is 5.32 Å². The Morgan fingerprint density at radius 1 is 1.25 bits per heavy atom. The van der Waals surface area contributed by atoms with Crippen molar-refractivity contribution >= 4 is 22.7 Å². The minimum Gasteiger partial charge on any atom is -0.358 e. The van der Waals surface area contributed by atoms with Crippen LogP contribution in [0.4, 0.5) is 0 Å². The molecule has 3 aromatic rings. The summed E-state index contributed by atoms with van der Waals surface area (Å²) in [7, 11) is 0. The van der Waals surface area contributed by atoms with Crippen LogP contribution in [0, 0.1) is 6.92 Å². The Kier molecular flexibility index (Phi) is 4.51. The molecular weight excluding hydrogens is 350 g/mol. The number of benzene rings is 2. The third kappa shape index (κ3) is 2.71. The topological polar surface area (TPSA) is 65.2 Å². The molecular formula is C23H23N3O2. The maximum atomic E-state index is 13.3. The Bertz CT molecular complexity index is 1080. The van der Waals surface area contributed by atoms with E-state index >= 15 is 0 Å². The normalized spacial score (nSPS) is 16.9. The van der Waals surface area contributed by atoms with E-state index in [1.807, 2.05) is 49.4 Å². The average Bonchev–Trinajstić information content (AvgIpc) is 3.19. The number of nitrogens with one attached hydrogen (secondary N) is 2.